The van der Waals surface area contributed by atoms with Crippen molar-refractivity contribution < 1.29 is 43.0 Å². The number of nitrogens with zero attached hydrogens (tertiary/aromatic N) is 1. The van der Waals surface area contributed by atoms with Gasteiger partial charge in [-0.05, 0) is 6.42 Å². The molecule has 0 amide bonds. The predicted molar refractivity (Wildman–Crippen MR) is 117 cm³/mol. The lowest BCUT2D eigenvalue weighted by Gasteiger charge is -2.31. The smallest absolute Gasteiger partial charge is 0.268 e. The zero-order valence-electron chi connectivity index (χ0n) is 19.8. The average Bonchev–Trinajstić information content (AvgIpc) is 2.68. The highest BCUT2D eigenvalue weighted by Gasteiger charge is 2.33. The largest absolute Gasteiger partial charge is 0.756 e. The van der Waals surface area contributed by atoms with Crippen molar-refractivity contribution in [1.29, 1.82) is 0 Å². The zero-order valence-corrected chi connectivity index (χ0v) is 20.7. The van der Waals surface area contributed by atoms with Crippen molar-refractivity contribution in [1.82, 2.24) is 0 Å². The van der Waals surface area contributed by atoms with Gasteiger partial charge in [0.1, 0.15) is 19.3 Å². The highest BCUT2D eigenvalue weighted by atomic mass is 31.2. The van der Waals surface area contributed by atoms with Crippen molar-refractivity contribution in [3.05, 3.63) is 0 Å². The van der Waals surface area contributed by atoms with Crippen LogP contribution in [0.25, 0.3) is 0 Å². The molecule has 0 aliphatic rings. The number of ketones is 1. The number of rotatable bonds is 21. The van der Waals surface area contributed by atoms with Crippen molar-refractivity contribution >= 4 is 13.6 Å². The summed E-state index contributed by atoms with van der Waals surface area (Å²) in [6.45, 7) is 1.71. The molecular formula is C21H44NO8P. The van der Waals surface area contributed by atoms with Crippen molar-refractivity contribution in [2.24, 2.45) is 0 Å². The Bertz CT molecular complexity index is 508. The summed E-state index contributed by atoms with van der Waals surface area (Å²) in [7, 11) is 0.808. The zero-order chi connectivity index (χ0) is 23.8. The Kier molecular flexibility index (Phi) is 16.9. The van der Waals surface area contributed by atoms with Gasteiger partial charge in [-0.2, -0.15) is 0 Å². The molecule has 2 unspecified atom stereocenters. The maximum absolute atomic E-state index is 12.5. The number of carbonyl (C=O) groups is 1. The summed E-state index contributed by atoms with van der Waals surface area (Å²) in [5, 5.41) is 18.3. The van der Waals surface area contributed by atoms with E-state index in [0.29, 0.717) is 17.4 Å². The average molecular weight is 470 g/mol. The van der Waals surface area contributed by atoms with Gasteiger partial charge < -0.3 is 23.5 Å². The first-order valence-corrected chi connectivity index (χ1v) is 12.9. The first-order chi connectivity index (χ1) is 14.6. The second-order valence-electron chi connectivity index (χ2n) is 9.05. The van der Waals surface area contributed by atoms with Gasteiger partial charge in [0.25, 0.3) is 7.82 Å². The fourth-order valence-electron chi connectivity index (χ4n) is 3.04. The van der Waals surface area contributed by atoms with Crippen LogP contribution in [0.2, 0.25) is 0 Å². The molecule has 0 aromatic carbocycles. The van der Waals surface area contributed by atoms with Gasteiger partial charge in [0, 0.05) is 6.42 Å². The van der Waals surface area contributed by atoms with E-state index in [1.807, 2.05) is 21.1 Å². The Balaban J connectivity index is 4.42. The minimum atomic E-state index is -4.82. The van der Waals surface area contributed by atoms with Crippen LogP contribution in [-0.2, 0) is 23.3 Å². The van der Waals surface area contributed by atoms with Gasteiger partial charge in [-0.1, -0.05) is 64.7 Å². The van der Waals surface area contributed by atoms with Crippen LogP contribution in [0.4, 0.5) is 0 Å². The van der Waals surface area contributed by atoms with Crippen molar-refractivity contribution in [3.8, 4) is 0 Å². The summed E-state index contributed by atoms with van der Waals surface area (Å²) in [6, 6.07) is 0. The lowest BCUT2D eigenvalue weighted by atomic mass is 10.0. The molecule has 186 valence electrons. The van der Waals surface area contributed by atoms with Crippen LogP contribution in [0.15, 0.2) is 0 Å². The fourth-order valence-corrected chi connectivity index (χ4v) is 3.94. The van der Waals surface area contributed by atoms with Crippen molar-refractivity contribution in [2.75, 3.05) is 40.9 Å². The standard InChI is InChI=1S/C21H44NO8P/c1-5-6-7-8-9-10-11-12-13-14-15-19(24)21(20(18-23)29-25)30-31(26,27)28-17-16-22(2,3)4/h20-21,23H,5-18H2,1-4H3,(H-,25,26,27)/t20-,21?/m0/s1. The third kappa shape index (κ3) is 16.8. The van der Waals surface area contributed by atoms with Gasteiger partial charge in [-0.3, -0.25) is 14.6 Å². The van der Waals surface area contributed by atoms with Crippen LogP contribution in [0.5, 0.6) is 0 Å². The minimum absolute atomic E-state index is 0.0694. The minimum Gasteiger partial charge on any atom is -0.756 e. The molecule has 0 aromatic heterocycles. The number of hydrogen-bond acceptors (Lipinski definition) is 8. The van der Waals surface area contributed by atoms with Gasteiger partial charge in [0.05, 0.1) is 27.7 Å². The van der Waals surface area contributed by atoms with Gasteiger partial charge in [0.2, 0.25) is 0 Å². The second kappa shape index (κ2) is 17.1. The maximum Gasteiger partial charge on any atom is 0.268 e. The van der Waals surface area contributed by atoms with Gasteiger partial charge in [-0.25, -0.2) is 4.89 Å². The van der Waals surface area contributed by atoms with E-state index in [1.54, 1.807) is 0 Å². The molecule has 0 saturated carbocycles. The summed E-state index contributed by atoms with van der Waals surface area (Å²) in [5.41, 5.74) is 0. The molecule has 2 N–H and O–H groups in total. The van der Waals surface area contributed by atoms with E-state index in [1.165, 1.54) is 38.5 Å². The van der Waals surface area contributed by atoms with E-state index in [4.69, 9.17) is 14.3 Å². The number of carbonyl (C=O) groups excluding carboxylic acids is 1. The molecule has 0 heterocycles. The number of unbranched alkanes of at least 4 members (excludes halogenated alkanes) is 9. The molecule has 0 aliphatic carbocycles. The molecule has 9 nitrogen and oxygen atoms in total. The monoisotopic (exact) mass is 469 g/mol. The summed E-state index contributed by atoms with van der Waals surface area (Å²) >= 11 is 0. The van der Waals surface area contributed by atoms with Crippen LogP contribution in [0, 0.1) is 0 Å². The Labute approximate surface area is 187 Å². The van der Waals surface area contributed by atoms with Crippen LogP contribution in [0.1, 0.15) is 77.6 Å². The first kappa shape index (κ1) is 30.6. The van der Waals surface area contributed by atoms with E-state index in [0.717, 1.165) is 19.3 Å². The summed E-state index contributed by atoms with van der Waals surface area (Å²) in [4.78, 5) is 28.7. The molecule has 0 spiro atoms. The number of aliphatic hydroxyl groups excluding tert-OH is 1. The van der Waals surface area contributed by atoms with Gasteiger partial charge in [-0.15, -0.1) is 0 Å². The predicted octanol–water partition coefficient (Wildman–Crippen LogP) is 3.29. The quantitative estimate of drug-likeness (QED) is 0.0862. The molecule has 3 atom stereocenters. The lowest BCUT2D eigenvalue weighted by Crippen LogP contribution is -2.41. The number of likely N-dealkylation sites (N-methyl/N-ethyl adjacent to an activating group) is 1. The van der Waals surface area contributed by atoms with Crippen molar-refractivity contribution in [3.63, 3.8) is 0 Å². The first-order valence-electron chi connectivity index (χ1n) is 11.4. The van der Waals surface area contributed by atoms with Crippen LogP contribution in [-0.4, -0.2) is 73.7 Å². The molecule has 0 fully saturated rings. The number of Topliss-reactive ketones (excluding diaryl/α,β-unsaturated/α-hetero) is 1. The molecule has 0 rings (SSSR count). The molecule has 0 radical (unpaired) electrons. The second-order valence-corrected chi connectivity index (χ2v) is 10.4. The van der Waals surface area contributed by atoms with E-state index in [2.05, 4.69) is 11.8 Å². The Hall–Kier alpha value is -0.380. The molecule has 10 heteroatoms. The summed E-state index contributed by atoms with van der Waals surface area (Å²) in [6.07, 6.45) is 7.92. The third-order valence-corrected chi connectivity index (χ3v) is 5.99. The van der Waals surface area contributed by atoms with E-state index in [9.17, 15) is 19.4 Å². The van der Waals surface area contributed by atoms with E-state index < -0.39 is 32.4 Å². The summed E-state index contributed by atoms with van der Waals surface area (Å²) < 4.78 is 22.3. The van der Waals surface area contributed by atoms with Gasteiger partial charge in [0.15, 0.2) is 11.9 Å². The van der Waals surface area contributed by atoms with Crippen LogP contribution < -0.4 is 4.89 Å². The Morgan fingerprint density at radius 3 is 1.97 bits per heavy atom. The number of aliphatic hydroxyl groups is 1. The Morgan fingerprint density at radius 1 is 1.00 bits per heavy atom. The highest BCUT2D eigenvalue weighted by Crippen LogP contribution is 2.41. The topological polar surface area (TPSA) is 125 Å². The molecule has 0 aliphatic heterocycles. The molecule has 0 aromatic rings. The SMILES string of the molecule is CCCCCCCCCCCCC(=O)C(OP(=O)([O-])OCC[N+](C)(C)C)[C@H](CO)OO. The Morgan fingerprint density at radius 2 is 1.52 bits per heavy atom. The lowest BCUT2D eigenvalue weighted by molar-refractivity contribution is -0.870. The summed E-state index contributed by atoms with van der Waals surface area (Å²) in [5.74, 6) is -0.557. The third-order valence-electron chi connectivity index (χ3n) is 5.00. The van der Waals surface area contributed by atoms with E-state index >= 15 is 0 Å². The normalized spacial score (nSPS) is 16.1. The number of phosphoric ester groups is 1. The number of hydrogen-bond donors (Lipinski definition) is 2. The van der Waals surface area contributed by atoms with Crippen LogP contribution >= 0.6 is 7.82 Å². The molecule has 31 heavy (non-hydrogen) atoms. The van der Waals surface area contributed by atoms with Crippen LogP contribution in [0.3, 0.4) is 0 Å². The number of phosphoric acid groups is 1. The van der Waals surface area contributed by atoms with Gasteiger partial charge >= 0.3 is 0 Å². The maximum atomic E-state index is 12.5. The fraction of sp³-hybridized carbons (Fsp3) is 0.952. The highest BCUT2D eigenvalue weighted by molar-refractivity contribution is 7.45. The molecular weight excluding hydrogens is 425 g/mol. The van der Waals surface area contributed by atoms with Crippen molar-refractivity contribution in [2.45, 2.75) is 89.8 Å². The molecule has 0 saturated heterocycles. The molecule has 0 bridgehead atoms. The van der Waals surface area contributed by atoms with E-state index in [-0.39, 0.29) is 13.0 Å². The number of quaternary nitrogens is 1.